The van der Waals surface area contributed by atoms with Gasteiger partial charge in [0.15, 0.2) is 5.82 Å². The quantitative estimate of drug-likeness (QED) is 0.493. The lowest BCUT2D eigenvalue weighted by Gasteiger charge is -2.26. The van der Waals surface area contributed by atoms with Crippen LogP contribution < -0.4 is 14.8 Å². The van der Waals surface area contributed by atoms with E-state index in [-0.39, 0.29) is 0 Å². The summed E-state index contributed by atoms with van der Waals surface area (Å²) in [4.78, 5) is 2.45. The SMILES string of the molecule is CCOc1ccc(-n2c(C)c3c(C)nnc(NCCCN4CCOCC4)c3c2C)c(OC)c1. The predicted octanol–water partition coefficient (Wildman–Crippen LogP) is 3.89. The fraction of sp³-hybridized carbons (Fsp3) is 0.520. The number of methoxy groups -OCH3 is 1. The molecular formula is C25H35N5O3. The van der Waals surface area contributed by atoms with Crippen molar-refractivity contribution in [3.8, 4) is 17.2 Å². The first-order valence-corrected chi connectivity index (χ1v) is 11.7. The Labute approximate surface area is 195 Å². The summed E-state index contributed by atoms with van der Waals surface area (Å²) in [5.74, 6) is 2.40. The smallest absolute Gasteiger partial charge is 0.158 e. The molecule has 1 aliphatic rings. The summed E-state index contributed by atoms with van der Waals surface area (Å²) >= 11 is 0. The number of fused-ring (bicyclic) bond motifs is 1. The number of aryl methyl sites for hydroxylation is 3. The molecule has 1 N–H and O–H groups in total. The number of morpholine rings is 1. The van der Waals surface area contributed by atoms with Gasteiger partial charge in [0.1, 0.15) is 11.5 Å². The van der Waals surface area contributed by atoms with E-state index >= 15 is 0 Å². The highest BCUT2D eigenvalue weighted by molar-refractivity contribution is 5.98. The van der Waals surface area contributed by atoms with E-state index in [2.05, 4.69) is 38.8 Å². The van der Waals surface area contributed by atoms with Crippen LogP contribution in [0.2, 0.25) is 0 Å². The van der Waals surface area contributed by atoms with Gasteiger partial charge in [-0.25, -0.2) is 0 Å². The van der Waals surface area contributed by atoms with Gasteiger partial charge in [-0.3, -0.25) is 4.90 Å². The second-order valence-corrected chi connectivity index (χ2v) is 8.39. The number of anilines is 1. The first-order valence-electron chi connectivity index (χ1n) is 11.7. The van der Waals surface area contributed by atoms with Crippen LogP contribution in [0.1, 0.15) is 30.4 Å². The summed E-state index contributed by atoms with van der Waals surface area (Å²) in [5.41, 5.74) is 4.13. The molecule has 0 saturated carbocycles. The van der Waals surface area contributed by atoms with Crippen molar-refractivity contribution in [1.82, 2.24) is 19.7 Å². The van der Waals surface area contributed by atoms with Crippen LogP contribution in [0.15, 0.2) is 18.2 Å². The molecular weight excluding hydrogens is 418 g/mol. The maximum absolute atomic E-state index is 5.73. The molecule has 1 saturated heterocycles. The van der Waals surface area contributed by atoms with Gasteiger partial charge in [0.2, 0.25) is 0 Å². The fourth-order valence-electron chi connectivity index (χ4n) is 4.71. The molecule has 8 nitrogen and oxygen atoms in total. The largest absolute Gasteiger partial charge is 0.494 e. The topological polar surface area (TPSA) is 73.7 Å². The van der Waals surface area contributed by atoms with Gasteiger partial charge in [0.05, 0.1) is 38.3 Å². The molecule has 1 aromatic carbocycles. The van der Waals surface area contributed by atoms with Gasteiger partial charge < -0.3 is 24.1 Å². The molecule has 4 rings (SSSR count). The molecule has 8 heteroatoms. The number of aromatic nitrogens is 3. The van der Waals surface area contributed by atoms with Gasteiger partial charge >= 0.3 is 0 Å². The summed E-state index contributed by atoms with van der Waals surface area (Å²) < 4.78 is 19.1. The third kappa shape index (κ3) is 4.77. The molecule has 3 heterocycles. The average Bonchev–Trinajstić information content (AvgIpc) is 3.10. The Kier molecular flexibility index (Phi) is 7.35. The van der Waals surface area contributed by atoms with Crippen LogP contribution in [0, 0.1) is 20.8 Å². The maximum Gasteiger partial charge on any atom is 0.158 e. The molecule has 3 aromatic rings. The number of hydrogen-bond acceptors (Lipinski definition) is 7. The van der Waals surface area contributed by atoms with Crippen molar-refractivity contribution >= 4 is 16.6 Å². The van der Waals surface area contributed by atoms with Crippen molar-refractivity contribution < 1.29 is 14.2 Å². The molecule has 0 radical (unpaired) electrons. The number of ether oxygens (including phenoxy) is 3. The summed E-state index contributed by atoms with van der Waals surface area (Å²) in [6, 6.07) is 5.98. The Morgan fingerprint density at radius 1 is 1.06 bits per heavy atom. The van der Waals surface area contributed by atoms with Crippen molar-refractivity contribution in [2.75, 3.05) is 58.4 Å². The minimum Gasteiger partial charge on any atom is -0.494 e. The van der Waals surface area contributed by atoms with Crippen LogP contribution in [0.3, 0.4) is 0 Å². The molecule has 0 unspecified atom stereocenters. The minimum absolute atomic E-state index is 0.616. The highest BCUT2D eigenvalue weighted by Crippen LogP contribution is 2.37. The Morgan fingerprint density at radius 2 is 1.82 bits per heavy atom. The third-order valence-electron chi connectivity index (χ3n) is 6.29. The van der Waals surface area contributed by atoms with Crippen LogP contribution in [0.5, 0.6) is 11.5 Å². The van der Waals surface area contributed by atoms with E-state index in [1.54, 1.807) is 7.11 Å². The highest BCUT2D eigenvalue weighted by atomic mass is 16.5. The lowest BCUT2D eigenvalue weighted by atomic mass is 10.1. The third-order valence-corrected chi connectivity index (χ3v) is 6.29. The van der Waals surface area contributed by atoms with Crippen molar-refractivity contribution in [1.29, 1.82) is 0 Å². The van der Waals surface area contributed by atoms with Crippen LogP contribution in [-0.2, 0) is 4.74 Å². The second kappa shape index (κ2) is 10.4. The molecule has 1 fully saturated rings. The van der Waals surface area contributed by atoms with E-state index in [1.807, 2.05) is 32.0 Å². The summed E-state index contributed by atoms with van der Waals surface area (Å²) in [5, 5.41) is 14.8. The maximum atomic E-state index is 5.73. The van der Waals surface area contributed by atoms with Crippen molar-refractivity contribution in [3.63, 3.8) is 0 Å². The molecule has 1 aliphatic heterocycles. The van der Waals surface area contributed by atoms with Gasteiger partial charge in [-0.1, -0.05) is 0 Å². The van der Waals surface area contributed by atoms with Crippen molar-refractivity contribution in [2.45, 2.75) is 34.1 Å². The van der Waals surface area contributed by atoms with Crippen molar-refractivity contribution in [3.05, 3.63) is 35.3 Å². The Morgan fingerprint density at radius 3 is 2.55 bits per heavy atom. The van der Waals surface area contributed by atoms with E-state index < -0.39 is 0 Å². The Hall–Kier alpha value is -2.84. The number of hydrogen-bond donors (Lipinski definition) is 1. The zero-order chi connectivity index (χ0) is 23.4. The van der Waals surface area contributed by atoms with Crippen LogP contribution in [0.25, 0.3) is 16.5 Å². The standard InChI is InChI=1S/C25H35N5O3/c1-6-33-20-8-9-21(22(16-20)31-5)30-18(3)23-17(2)27-28-25(24(23)19(30)4)26-10-7-11-29-12-14-32-15-13-29/h8-9,16H,6-7,10-15H2,1-5H3,(H,26,28). The van der Waals surface area contributed by atoms with E-state index in [0.717, 1.165) is 96.7 Å². The molecule has 0 amide bonds. The summed E-state index contributed by atoms with van der Waals surface area (Å²) in [6.45, 7) is 14.5. The lowest BCUT2D eigenvalue weighted by Crippen LogP contribution is -2.37. The highest BCUT2D eigenvalue weighted by Gasteiger charge is 2.21. The number of benzene rings is 1. The Bertz CT molecular complexity index is 1110. The molecule has 33 heavy (non-hydrogen) atoms. The van der Waals surface area contributed by atoms with Gasteiger partial charge in [0.25, 0.3) is 0 Å². The Balaban J connectivity index is 1.64. The van der Waals surface area contributed by atoms with Gasteiger partial charge in [-0.2, -0.15) is 5.10 Å². The number of rotatable bonds is 9. The average molecular weight is 454 g/mol. The van der Waals surface area contributed by atoms with Gasteiger partial charge in [-0.15, -0.1) is 5.10 Å². The first-order chi connectivity index (χ1) is 16.0. The van der Waals surface area contributed by atoms with E-state index in [0.29, 0.717) is 6.61 Å². The van der Waals surface area contributed by atoms with E-state index in [4.69, 9.17) is 14.2 Å². The molecule has 0 bridgehead atoms. The molecule has 0 aliphatic carbocycles. The predicted molar refractivity (Wildman–Crippen MR) is 131 cm³/mol. The monoisotopic (exact) mass is 453 g/mol. The summed E-state index contributed by atoms with van der Waals surface area (Å²) in [6.07, 6.45) is 1.04. The molecule has 0 spiro atoms. The molecule has 2 aromatic heterocycles. The lowest BCUT2D eigenvalue weighted by molar-refractivity contribution is 0.0378. The second-order valence-electron chi connectivity index (χ2n) is 8.39. The van der Waals surface area contributed by atoms with Gasteiger partial charge in [0, 0.05) is 47.9 Å². The molecule has 0 atom stereocenters. The van der Waals surface area contributed by atoms with Crippen molar-refractivity contribution in [2.24, 2.45) is 0 Å². The van der Waals surface area contributed by atoms with Crippen LogP contribution in [-0.4, -0.2) is 72.8 Å². The van der Waals surface area contributed by atoms with E-state index in [9.17, 15) is 0 Å². The first kappa shape index (κ1) is 23.3. The number of nitrogens with one attached hydrogen (secondary N) is 1. The summed E-state index contributed by atoms with van der Waals surface area (Å²) in [7, 11) is 1.69. The minimum atomic E-state index is 0.616. The zero-order valence-electron chi connectivity index (χ0n) is 20.4. The fourth-order valence-corrected chi connectivity index (χ4v) is 4.71. The molecule has 178 valence electrons. The van der Waals surface area contributed by atoms with E-state index in [1.165, 1.54) is 0 Å². The van der Waals surface area contributed by atoms with Gasteiger partial charge in [-0.05, 0) is 52.8 Å². The van der Waals surface area contributed by atoms with Crippen LogP contribution >= 0.6 is 0 Å². The number of nitrogens with zero attached hydrogens (tertiary/aromatic N) is 4. The van der Waals surface area contributed by atoms with Crippen LogP contribution in [0.4, 0.5) is 5.82 Å². The normalized spacial score (nSPS) is 14.6. The zero-order valence-corrected chi connectivity index (χ0v) is 20.4.